The van der Waals surface area contributed by atoms with Gasteiger partial charge < -0.3 is 29.6 Å². The Balaban J connectivity index is 1.19. The molecular formula is C46H72Br2N2O8. The molecule has 0 aromatic carbocycles. The highest BCUT2D eigenvalue weighted by Crippen LogP contribution is 2.42. The molecule has 5 saturated carbocycles. The first kappa shape index (κ1) is 47.0. The zero-order chi connectivity index (χ0) is 42.0. The molecule has 0 aromatic heterocycles. The van der Waals surface area contributed by atoms with Crippen molar-refractivity contribution < 1.29 is 38.1 Å². The third kappa shape index (κ3) is 13.5. The summed E-state index contributed by atoms with van der Waals surface area (Å²) in [5.41, 5.74) is -0.831. The minimum Gasteiger partial charge on any atom is -0.459 e. The van der Waals surface area contributed by atoms with E-state index in [0.29, 0.717) is 9.65 Å². The fourth-order valence-corrected chi connectivity index (χ4v) is 11.3. The number of hydrogen-bond donors (Lipinski definition) is 2. The van der Waals surface area contributed by atoms with Crippen molar-refractivity contribution in [1.29, 1.82) is 0 Å². The van der Waals surface area contributed by atoms with E-state index in [2.05, 4.69) is 55.7 Å². The van der Waals surface area contributed by atoms with Gasteiger partial charge in [0.05, 0.1) is 11.1 Å². The lowest BCUT2D eigenvalue weighted by Crippen LogP contribution is -2.55. The summed E-state index contributed by atoms with van der Waals surface area (Å²) in [4.78, 5) is 55.1. The van der Waals surface area contributed by atoms with Crippen LogP contribution in [0.1, 0.15) is 169 Å². The molecule has 0 aromatic rings. The molecule has 10 nitrogen and oxygen atoms in total. The topological polar surface area (TPSA) is 129 Å². The maximum absolute atomic E-state index is 13.8. The van der Waals surface area contributed by atoms with Crippen molar-refractivity contribution in [2.24, 2.45) is 23.7 Å². The maximum atomic E-state index is 13.8. The number of amides is 2. The van der Waals surface area contributed by atoms with Crippen LogP contribution in [0.2, 0.25) is 0 Å². The molecule has 0 bridgehead atoms. The van der Waals surface area contributed by atoms with Crippen LogP contribution in [-0.4, -0.2) is 69.3 Å². The predicted molar refractivity (Wildman–Crippen MR) is 234 cm³/mol. The Labute approximate surface area is 365 Å². The van der Waals surface area contributed by atoms with Crippen LogP contribution >= 0.6 is 31.9 Å². The average molecular weight is 941 g/mol. The molecule has 4 atom stereocenters. The minimum atomic E-state index is -0.760. The van der Waals surface area contributed by atoms with E-state index in [1.165, 1.54) is 0 Å². The van der Waals surface area contributed by atoms with Crippen LogP contribution in [0.25, 0.3) is 0 Å². The summed E-state index contributed by atoms with van der Waals surface area (Å²) in [6.07, 6.45) is 17.6. The van der Waals surface area contributed by atoms with Crippen molar-refractivity contribution in [2.75, 3.05) is 0 Å². The van der Waals surface area contributed by atoms with E-state index < -0.39 is 47.4 Å². The van der Waals surface area contributed by atoms with E-state index in [9.17, 15) is 19.2 Å². The van der Waals surface area contributed by atoms with Gasteiger partial charge in [-0.3, -0.25) is 0 Å². The van der Waals surface area contributed by atoms with Crippen LogP contribution in [0.3, 0.4) is 0 Å². The molecule has 0 spiro atoms. The van der Waals surface area contributed by atoms with Crippen molar-refractivity contribution in [3.8, 4) is 0 Å². The second-order valence-electron chi connectivity index (χ2n) is 19.3. The Morgan fingerprint density at radius 1 is 0.517 bits per heavy atom. The summed E-state index contributed by atoms with van der Waals surface area (Å²) in [7, 11) is 0. The summed E-state index contributed by atoms with van der Waals surface area (Å²) in [6, 6.07) is 0. The molecule has 5 aliphatic carbocycles. The predicted octanol–water partition coefficient (Wildman–Crippen LogP) is 11.3. The van der Waals surface area contributed by atoms with E-state index in [-0.39, 0.29) is 47.0 Å². The smallest absolute Gasteiger partial charge is 0.408 e. The molecule has 5 fully saturated rings. The first-order valence-corrected chi connectivity index (χ1v) is 24.4. The number of carbonyl (C=O) groups excluding carboxylic acids is 4. The van der Waals surface area contributed by atoms with Crippen LogP contribution in [0.15, 0.2) is 24.3 Å². The van der Waals surface area contributed by atoms with Gasteiger partial charge in [-0.2, -0.15) is 0 Å². The standard InChI is InChI=1S/C46H72Br2N2O8/c1-29(41(51)55-37-16-9-7-10-17-37)39(31-20-24-35(47)25-21-31)57-43(53)49-45(3,4)33-14-13-15-34(28-33)46(5,6)50-44(54)58-40(32-22-26-36(48)27-23-32)30(2)42(52)56-38-18-11-8-12-19-38/h31-40H,1-2,7-28H2,3-6H3,(H,49,53)(H,50,54). The Bertz CT molecular complexity index is 1320. The highest BCUT2D eigenvalue weighted by molar-refractivity contribution is 9.09. The molecule has 0 radical (unpaired) electrons. The molecular weight excluding hydrogens is 868 g/mol. The van der Waals surface area contributed by atoms with Crippen molar-refractivity contribution in [2.45, 2.75) is 214 Å². The molecule has 5 aliphatic rings. The zero-order valence-electron chi connectivity index (χ0n) is 35.8. The Hall–Kier alpha value is -2.08. The van der Waals surface area contributed by atoms with Gasteiger partial charge in [-0.15, -0.1) is 0 Å². The molecule has 5 rings (SSSR count). The molecule has 2 N–H and O–H groups in total. The van der Waals surface area contributed by atoms with Crippen LogP contribution < -0.4 is 10.6 Å². The summed E-state index contributed by atoms with van der Waals surface area (Å²) in [5, 5.41) is 6.35. The number of rotatable bonds is 14. The zero-order valence-corrected chi connectivity index (χ0v) is 38.9. The number of ether oxygens (including phenoxy) is 4. The number of halogens is 2. The van der Waals surface area contributed by atoms with Gasteiger partial charge >= 0.3 is 24.1 Å². The SMILES string of the molecule is C=C(C(=O)OC1CCCCC1)C(OC(=O)NC(C)(C)C1CCCC(C(C)(C)NC(=O)OC(C(=C)C(=O)OC2CCCCC2)C2CCC(Br)CC2)C1)C1CCC(Br)CC1. The second kappa shape index (κ2) is 21.6. The van der Waals surface area contributed by atoms with Gasteiger partial charge in [0.15, 0.2) is 0 Å². The van der Waals surface area contributed by atoms with Crippen molar-refractivity contribution in [3.63, 3.8) is 0 Å². The monoisotopic (exact) mass is 938 g/mol. The number of alkyl halides is 2. The maximum Gasteiger partial charge on any atom is 0.408 e. The van der Waals surface area contributed by atoms with Crippen LogP contribution in [-0.2, 0) is 28.5 Å². The number of esters is 2. The lowest BCUT2D eigenvalue weighted by molar-refractivity contribution is -0.148. The summed E-state index contributed by atoms with van der Waals surface area (Å²) in [5.74, 6) is -0.764. The normalized spacial score (nSPS) is 28.9. The van der Waals surface area contributed by atoms with E-state index in [0.717, 1.165) is 141 Å². The minimum absolute atomic E-state index is 0.0153. The van der Waals surface area contributed by atoms with Gasteiger partial charge in [-0.25, -0.2) is 19.2 Å². The number of carbonyl (C=O) groups is 4. The van der Waals surface area contributed by atoms with Crippen molar-refractivity contribution in [1.82, 2.24) is 10.6 Å². The third-order valence-corrected chi connectivity index (χ3v) is 16.0. The molecule has 58 heavy (non-hydrogen) atoms. The summed E-state index contributed by atoms with van der Waals surface area (Å²) in [6.45, 7) is 16.4. The molecule has 12 heteroatoms. The Kier molecular flexibility index (Phi) is 17.5. The van der Waals surface area contributed by atoms with Crippen molar-refractivity contribution >= 4 is 56.0 Å². The van der Waals surface area contributed by atoms with Gasteiger partial charge in [0.25, 0.3) is 0 Å². The van der Waals surface area contributed by atoms with Gasteiger partial charge in [0, 0.05) is 32.6 Å². The van der Waals surface area contributed by atoms with Crippen LogP contribution in [0.5, 0.6) is 0 Å². The lowest BCUT2D eigenvalue weighted by Gasteiger charge is -2.45. The molecule has 4 unspecified atom stereocenters. The van der Waals surface area contributed by atoms with Crippen LogP contribution in [0.4, 0.5) is 9.59 Å². The summed E-state index contributed by atoms with van der Waals surface area (Å²) >= 11 is 7.46. The Morgan fingerprint density at radius 2 is 0.862 bits per heavy atom. The summed E-state index contributed by atoms with van der Waals surface area (Å²) < 4.78 is 24.1. The Morgan fingerprint density at radius 3 is 1.21 bits per heavy atom. The van der Waals surface area contributed by atoms with Gasteiger partial charge in [0.1, 0.15) is 24.4 Å². The molecule has 0 heterocycles. The quantitative estimate of drug-likeness (QED) is 0.0762. The highest BCUT2D eigenvalue weighted by atomic mass is 79.9. The molecule has 328 valence electrons. The number of nitrogens with one attached hydrogen (secondary N) is 2. The van der Waals surface area contributed by atoms with E-state index in [1.807, 2.05) is 27.7 Å². The van der Waals surface area contributed by atoms with Gasteiger partial charge in [-0.05, 0) is 162 Å². The van der Waals surface area contributed by atoms with Crippen LogP contribution in [0, 0.1) is 23.7 Å². The third-order valence-electron chi connectivity index (χ3n) is 14.2. The van der Waals surface area contributed by atoms with Crippen molar-refractivity contribution in [3.05, 3.63) is 24.3 Å². The fraction of sp³-hybridized carbons (Fsp3) is 0.826. The lowest BCUT2D eigenvalue weighted by atomic mass is 9.67. The van der Waals surface area contributed by atoms with E-state index in [1.54, 1.807) is 0 Å². The second-order valence-corrected chi connectivity index (χ2v) is 21.9. The fourth-order valence-electron chi connectivity index (χ4n) is 10.2. The molecule has 0 aliphatic heterocycles. The molecule has 2 amide bonds. The molecule has 0 saturated heterocycles. The van der Waals surface area contributed by atoms with E-state index >= 15 is 0 Å². The largest absolute Gasteiger partial charge is 0.459 e. The number of alkyl carbamates (subject to hydrolysis) is 2. The van der Waals surface area contributed by atoms with Gasteiger partial charge in [-0.1, -0.05) is 64.3 Å². The average Bonchev–Trinajstić information content (AvgIpc) is 3.19. The van der Waals surface area contributed by atoms with E-state index in [4.69, 9.17) is 18.9 Å². The first-order chi connectivity index (χ1) is 27.5. The first-order valence-electron chi connectivity index (χ1n) is 22.6. The van der Waals surface area contributed by atoms with Gasteiger partial charge in [0.2, 0.25) is 0 Å². The number of hydrogen-bond acceptors (Lipinski definition) is 8. The highest BCUT2D eigenvalue weighted by Gasteiger charge is 2.43.